The van der Waals surface area contributed by atoms with Crippen LogP contribution in [0, 0.1) is 39.4 Å². The van der Waals surface area contributed by atoms with Crippen molar-refractivity contribution in [1.82, 2.24) is 10.2 Å². The molecule has 0 aromatic heterocycles. The van der Waals surface area contributed by atoms with Crippen molar-refractivity contribution in [2.75, 3.05) is 18.8 Å². The number of nitrogens with one attached hydrogen (secondary N) is 1. The predicted octanol–water partition coefficient (Wildman–Crippen LogP) is 5.99. The predicted molar refractivity (Wildman–Crippen MR) is 133 cm³/mol. The SMILES string of the molecule is C=C(CCC(C)(C#N)C(C)(C)CC(C)(C(=O)NCC(C)C)C(C)C)N1CCSC1=S. The average molecular weight is 452 g/mol. The summed E-state index contributed by atoms with van der Waals surface area (Å²) in [7, 11) is 0. The fourth-order valence-corrected chi connectivity index (χ4v) is 5.21. The number of rotatable bonds is 11. The molecule has 0 spiro atoms. The minimum Gasteiger partial charge on any atom is -0.355 e. The third-order valence-corrected chi connectivity index (χ3v) is 8.50. The molecule has 1 rings (SSSR count). The minimum atomic E-state index is -0.584. The number of amides is 1. The molecule has 0 aromatic carbocycles. The molecule has 170 valence electrons. The van der Waals surface area contributed by atoms with Crippen molar-refractivity contribution in [3.8, 4) is 6.07 Å². The smallest absolute Gasteiger partial charge is 0.226 e. The summed E-state index contributed by atoms with van der Waals surface area (Å²) in [5.74, 6) is 1.66. The molecule has 0 bridgehead atoms. The summed E-state index contributed by atoms with van der Waals surface area (Å²) in [6.07, 6.45) is 2.07. The van der Waals surface area contributed by atoms with E-state index in [0.717, 1.165) is 28.7 Å². The summed E-state index contributed by atoms with van der Waals surface area (Å²) in [5.41, 5.74) is -0.487. The Morgan fingerprint density at radius 2 is 1.90 bits per heavy atom. The lowest BCUT2D eigenvalue weighted by molar-refractivity contribution is -0.136. The number of allylic oxidation sites excluding steroid dienone is 1. The van der Waals surface area contributed by atoms with Crippen LogP contribution in [-0.4, -0.2) is 34.0 Å². The van der Waals surface area contributed by atoms with Crippen LogP contribution in [0.25, 0.3) is 0 Å². The van der Waals surface area contributed by atoms with Gasteiger partial charge >= 0.3 is 0 Å². The van der Waals surface area contributed by atoms with Gasteiger partial charge in [-0.3, -0.25) is 4.79 Å². The summed E-state index contributed by atoms with van der Waals surface area (Å²) in [4.78, 5) is 15.2. The van der Waals surface area contributed by atoms with Gasteiger partial charge in [-0.25, -0.2) is 0 Å². The van der Waals surface area contributed by atoms with E-state index in [1.54, 1.807) is 11.8 Å². The van der Waals surface area contributed by atoms with Crippen LogP contribution in [0.1, 0.15) is 74.7 Å². The Hall–Kier alpha value is -1.06. The van der Waals surface area contributed by atoms with Crippen LogP contribution in [0.5, 0.6) is 0 Å². The zero-order valence-electron chi connectivity index (χ0n) is 20.2. The Morgan fingerprint density at radius 1 is 1.30 bits per heavy atom. The van der Waals surface area contributed by atoms with Crippen molar-refractivity contribution in [2.24, 2.45) is 28.1 Å². The molecule has 0 aromatic rings. The van der Waals surface area contributed by atoms with Crippen LogP contribution < -0.4 is 5.32 Å². The van der Waals surface area contributed by atoms with Gasteiger partial charge in [-0.05, 0) is 43.4 Å². The van der Waals surface area contributed by atoms with E-state index in [4.69, 9.17) is 12.2 Å². The Kier molecular flexibility index (Phi) is 9.44. The maximum absolute atomic E-state index is 13.1. The molecule has 6 heteroatoms. The van der Waals surface area contributed by atoms with Crippen molar-refractivity contribution in [2.45, 2.75) is 74.7 Å². The molecule has 0 radical (unpaired) electrons. The fraction of sp³-hybridized carbons (Fsp3) is 0.792. The van der Waals surface area contributed by atoms with Crippen molar-refractivity contribution in [3.63, 3.8) is 0 Å². The molecule has 1 saturated heterocycles. The number of thiocarbonyl (C=S) groups is 1. The van der Waals surface area contributed by atoms with Crippen molar-refractivity contribution in [3.05, 3.63) is 12.3 Å². The number of nitriles is 1. The number of thioether (sulfide) groups is 1. The molecule has 1 fully saturated rings. The first-order chi connectivity index (χ1) is 13.7. The molecule has 1 aliphatic heterocycles. The molecular weight excluding hydrogens is 410 g/mol. The largest absolute Gasteiger partial charge is 0.355 e. The van der Waals surface area contributed by atoms with E-state index in [0.29, 0.717) is 25.3 Å². The molecule has 2 unspecified atom stereocenters. The first-order valence-electron chi connectivity index (χ1n) is 11.0. The van der Waals surface area contributed by atoms with E-state index in [9.17, 15) is 10.1 Å². The van der Waals surface area contributed by atoms with Gasteiger partial charge in [-0.1, -0.05) is 79.0 Å². The topological polar surface area (TPSA) is 56.1 Å². The zero-order valence-corrected chi connectivity index (χ0v) is 21.9. The maximum atomic E-state index is 13.1. The average Bonchev–Trinajstić information content (AvgIpc) is 3.08. The van der Waals surface area contributed by atoms with Crippen LogP contribution in [0.2, 0.25) is 0 Å². The Labute approximate surface area is 194 Å². The second-order valence-corrected chi connectivity index (χ2v) is 12.2. The lowest BCUT2D eigenvalue weighted by Crippen LogP contribution is -2.48. The van der Waals surface area contributed by atoms with Crippen LogP contribution in [0.3, 0.4) is 0 Å². The maximum Gasteiger partial charge on any atom is 0.226 e. The van der Waals surface area contributed by atoms with Crippen LogP contribution >= 0.6 is 24.0 Å². The van der Waals surface area contributed by atoms with E-state index in [-0.39, 0.29) is 17.2 Å². The molecular formula is C24H41N3OS2. The summed E-state index contributed by atoms with van der Waals surface area (Å²) in [6.45, 7) is 22.5. The van der Waals surface area contributed by atoms with Gasteiger partial charge in [0.2, 0.25) is 5.91 Å². The summed E-state index contributed by atoms with van der Waals surface area (Å²) >= 11 is 7.10. The Morgan fingerprint density at radius 3 is 2.33 bits per heavy atom. The van der Waals surface area contributed by atoms with E-state index < -0.39 is 10.8 Å². The van der Waals surface area contributed by atoms with Crippen LogP contribution in [0.15, 0.2) is 12.3 Å². The number of carbonyl (C=O) groups excluding carboxylic acids is 1. The van der Waals surface area contributed by atoms with Gasteiger partial charge in [0.05, 0.1) is 11.5 Å². The second kappa shape index (κ2) is 10.5. The highest BCUT2D eigenvalue weighted by Gasteiger charge is 2.49. The normalized spacial score (nSPS) is 18.8. The number of hydrogen-bond donors (Lipinski definition) is 1. The monoisotopic (exact) mass is 451 g/mol. The molecule has 1 aliphatic rings. The van der Waals surface area contributed by atoms with E-state index >= 15 is 0 Å². The molecule has 0 aliphatic carbocycles. The standard InChI is InChI=1S/C24H41N3OS2/c1-17(2)14-26-20(28)24(9,18(3)4)15-22(6,7)23(8,16-25)11-10-19(5)27-12-13-30-21(27)29/h17-18H,5,10-15H2,1-4,6-9H3,(H,26,28). The van der Waals surface area contributed by atoms with Crippen molar-refractivity contribution < 1.29 is 4.79 Å². The molecule has 2 atom stereocenters. The van der Waals surface area contributed by atoms with E-state index in [2.05, 4.69) is 64.4 Å². The van der Waals surface area contributed by atoms with E-state index in [1.807, 2.05) is 13.8 Å². The van der Waals surface area contributed by atoms with Gasteiger partial charge < -0.3 is 10.2 Å². The highest BCUT2D eigenvalue weighted by Crippen LogP contribution is 2.51. The Bertz CT molecular complexity index is 695. The lowest BCUT2D eigenvalue weighted by Gasteiger charge is -2.46. The van der Waals surface area contributed by atoms with Gasteiger partial charge in [-0.15, -0.1) is 0 Å². The van der Waals surface area contributed by atoms with Gasteiger partial charge in [0.1, 0.15) is 4.32 Å². The first-order valence-corrected chi connectivity index (χ1v) is 12.4. The molecule has 4 nitrogen and oxygen atoms in total. The minimum absolute atomic E-state index is 0.0865. The van der Waals surface area contributed by atoms with Gasteiger partial charge in [0, 0.05) is 30.0 Å². The highest BCUT2D eigenvalue weighted by molar-refractivity contribution is 8.23. The molecule has 1 N–H and O–H groups in total. The summed E-state index contributed by atoms with van der Waals surface area (Å²) < 4.78 is 0.882. The molecule has 1 amide bonds. The molecule has 30 heavy (non-hydrogen) atoms. The van der Waals surface area contributed by atoms with Crippen molar-refractivity contribution >= 4 is 34.2 Å². The van der Waals surface area contributed by atoms with Crippen LogP contribution in [0.4, 0.5) is 0 Å². The first kappa shape index (κ1) is 27.0. The summed E-state index contributed by atoms with van der Waals surface area (Å²) in [6, 6.07) is 2.60. The van der Waals surface area contributed by atoms with E-state index in [1.165, 1.54) is 0 Å². The van der Waals surface area contributed by atoms with Gasteiger partial charge in [0.25, 0.3) is 0 Å². The number of nitrogens with zero attached hydrogens (tertiary/aromatic N) is 2. The Balaban J connectivity index is 2.99. The van der Waals surface area contributed by atoms with Crippen molar-refractivity contribution in [1.29, 1.82) is 5.26 Å². The third kappa shape index (κ3) is 6.23. The van der Waals surface area contributed by atoms with Gasteiger partial charge in [-0.2, -0.15) is 5.26 Å². The summed E-state index contributed by atoms with van der Waals surface area (Å²) in [5, 5.41) is 13.3. The fourth-order valence-electron chi connectivity index (χ4n) is 3.91. The van der Waals surface area contributed by atoms with Gasteiger partial charge in [0.15, 0.2) is 0 Å². The molecule has 0 saturated carbocycles. The zero-order chi connectivity index (χ0) is 23.3. The van der Waals surface area contributed by atoms with Crippen LogP contribution in [-0.2, 0) is 4.79 Å². The second-order valence-electron chi connectivity index (χ2n) is 10.5. The number of carbonyl (C=O) groups is 1. The highest BCUT2D eigenvalue weighted by atomic mass is 32.2. The molecule has 1 heterocycles. The number of hydrogen-bond acceptors (Lipinski definition) is 4. The lowest BCUT2D eigenvalue weighted by atomic mass is 9.57. The third-order valence-electron chi connectivity index (χ3n) is 7.07. The quantitative estimate of drug-likeness (QED) is 0.391.